The largest absolute Gasteiger partial charge is 0.341 e. The monoisotopic (exact) mass is 450 g/mol. The second kappa shape index (κ2) is 8.44. The fourth-order valence-electron chi connectivity index (χ4n) is 3.30. The maximum Gasteiger partial charge on any atom is 0.264 e. The fraction of sp³-hybridized carbons (Fsp3) is 0.350. The lowest BCUT2D eigenvalue weighted by atomic mass is 10.0. The van der Waals surface area contributed by atoms with Crippen LogP contribution in [0, 0.1) is 5.92 Å². The van der Waals surface area contributed by atoms with Gasteiger partial charge in [-0.15, -0.1) is 0 Å². The zero-order valence-corrected chi connectivity index (χ0v) is 17.6. The molecule has 1 saturated heterocycles. The zero-order chi connectivity index (χ0) is 19.4. The van der Waals surface area contributed by atoms with Crippen molar-refractivity contribution in [1.29, 1.82) is 0 Å². The number of likely N-dealkylation sites (tertiary alicyclic amines) is 1. The molecule has 0 N–H and O–H groups in total. The van der Waals surface area contributed by atoms with Gasteiger partial charge in [-0.3, -0.25) is 9.10 Å². The molecule has 0 unspecified atom stereocenters. The van der Waals surface area contributed by atoms with E-state index in [0.717, 1.165) is 17.3 Å². The normalized spacial score (nSPS) is 17.6. The van der Waals surface area contributed by atoms with E-state index in [4.69, 9.17) is 0 Å². The van der Waals surface area contributed by atoms with Gasteiger partial charge in [-0.1, -0.05) is 47.1 Å². The van der Waals surface area contributed by atoms with Crippen LogP contribution in [0.1, 0.15) is 19.8 Å². The lowest BCUT2D eigenvalue weighted by Crippen LogP contribution is -2.46. The quantitative estimate of drug-likeness (QED) is 0.693. The molecule has 7 heteroatoms. The third-order valence-corrected chi connectivity index (χ3v) is 7.00. The van der Waals surface area contributed by atoms with Gasteiger partial charge >= 0.3 is 0 Å². The number of benzene rings is 2. The Balaban J connectivity index is 1.94. The molecule has 0 bridgehead atoms. The van der Waals surface area contributed by atoms with Crippen molar-refractivity contribution in [3.63, 3.8) is 0 Å². The number of rotatable bonds is 5. The minimum atomic E-state index is -3.85. The van der Waals surface area contributed by atoms with Crippen LogP contribution in [-0.2, 0) is 14.8 Å². The number of carbonyl (C=O) groups excluding carboxylic acids is 1. The number of halogens is 1. The standard InChI is InChI=1S/C20H23BrN2O3S/c1-16-7-6-12-22(14-16)20(24)15-23(18-9-5-8-17(21)13-18)27(25,26)19-10-3-2-4-11-19/h2-5,8-11,13,16H,6-7,12,14-15H2,1H3/t16-/m0/s1. The Hall–Kier alpha value is -1.86. The van der Waals surface area contributed by atoms with Gasteiger partial charge in [0.1, 0.15) is 6.54 Å². The Bertz CT molecular complexity index is 902. The minimum absolute atomic E-state index is 0.166. The molecule has 1 fully saturated rings. The van der Waals surface area contributed by atoms with Gasteiger partial charge < -0.3 is 4.90 Å². The first kappa shape index (κ1) is 19.9. The molecular weight excluding hydrogens is 428 g/mol. The second-order valence-electron chi connectivity index (χ2n) is 6.89. The molecule has 27 heavy (non-hydrogen) atoms. The SMILES string of the molecule is C[C@H]1CCCN(C(=O)CN(c2cccc(Br)c2)S(=O)(=O)c2ccccc2)C1. The number of hydrogen-bond donors (Lipinski definition) is 0. The number of hydrogen-bond acceptors (Lipinski definition) is 3. The van der Waals surface area contributed by atoms with Crippen molar-refractivity contribution >= 4 is 37.5 Å². The number of amides is 1. The molecule has 0 saturated carbocycles. The van der Waals surface area contributed by atoms with Crippen LogP contribution in [0.2, 0.25) is 0 Å². The summed E-state index contributed by atoms with van der Waals surface area (Å²) in [6.45, 7) is 3.27. The molecule has 2 aromatic carbocycles. The van der Waals surface area contributed by atoms with E-state index in [9.17, 15) is 13.2 Å². The second-order valence-corrected chi connectivity index (χ2v) is 9.67. The number of piperidine rings is 1. The zero-order valence-electron chi connectivity index (χ0n) is 15.2. The van der Waals surface area contributed by atoms with Crippen molar-refractivity contribution in [2.24, 2.45) is 5.92 Å². The maximum absolute atomic E-state index is 13.3. The topological polar surface area (TPSA) is 57.7 Å². The first-order chi connectivity index (χ1) is 12.9. The molecule has 0 aromatic heterocycles. The van der Waals surface area contributed by atoms with Gasteiger partial charge in [-0.05, 0) is 49.1 Å². The Morgan fingerprint density at radius 3 is 2.59 bits per heavy atom. The summed E-state index contributed by atoms with van der Waals surface area (Å²) in [5, 5.41) is 0. The van der Waals surface area contributed by atoms with Gasteiger partial charge in [0.2, 0.25) is 5.91 Å². The summed E-state index contributed by atoms with van der Waals surface area (Å²) < 4.78 is 28.5. The van der Waals surface area contributed by atoms with Crippen LogP contribution >= 0.6 is 15.9 Å². The minimum Gasteiger partial charge on any atom is -0.341 e. The number of nitrogens with zero attached hydrogens (tertiary/aromatic N) is 2. The fourth-order valence-corrected chi connectivity index (χ4v) is 5.12. The van der Waals surface area contributed by atoms with Crippen LogP contribution in [0.5, 0.6) is 0 Å². The summed E-state index contributed by atoms with van der Waals surface area (Å²) >= 11 is 3.39. The molecule has 0 spiro atoms. The van der Waals surface area contributed by atoms with E-state index in [1.54, 1.807) is 53.4 Å². The van der Waals surface area contributed by atoms with E-state index in [1.807, 2.05) is 6.07 Å². The summed E-state index contributed by atoms with van der Waals surface area (Å²) in [6.07, 6.45) is 2.05. The molecule has 5 nitrogen and oxygen atoms in total. The molecule has 1 heterocycles. The van der Waals surface area contributed by atoms with Crippen molar-refractivity contribution in [3.8, 4) is 0 Å². The van der Waals surface area contributed by atoms with Crippen molar-refractivity contribution in [1.82, 2.24) is 4.90 Å². The Kier molecular flexibility index (Phi) is 6.22. The van der Waals surface area contributed by atoms with Gasteiger partial charge in [0.25, 0.3) is 10.0 Å². The van der Waals surface area contributed by atoms with Gasteiger partial charge in [-0.25, -0.2) is 8.42 Å². The first-order valence-corrected chi connectivity index (χ1v) is 11.2. The molecule has 1 aliphatic rings. The Labute approximate surface area is 169 Å². The van der Waals surface area contributed by atoms with E-state index >= 15 is 0 Å². The van der Waals surface area contributed by atoms with Gasteiger partial charge in [-0.2, -0.15) is 0 Å². The molecule has 0 radical (unpaired) electrons. The first-order valence-electron chi connectivity index (χ1n) is 8.99. The molecule has 3 rings (SSSR count). The van der Waals surface area contributed by atoms with E-state index in [0.29, 0.717) is 24.7 Å². The molecular formula is C20H23BrN2O3S. The lowest BCUT2D eigenvalue weighted by Gasteiger charge is -2.33. The number of carbonyl (C=O) groups is 1. The molecule has 1 aliphatic heterocycles. The highest BCUT2D eigenvalue weighted by Gasteiger charge is 2.30. The Morgan fingerprint density at radius 2 is 1.93 bits per heavy atom. The summed E-state index contributed by atoms with van der Waals surface area (Å²) in [4.78, 5) is 14.8. The predicted octanol–water partition coefficient (Wildman–Crippen LogP) is 3.90. The average molecular weight is 451 g/mol. The summed E-state index contributed by atoms with van der Waals surface area (Å²) in [7, 11) is -3.85. The van der Waals surface area contributed by atoms with Gasteiger partial charge in [0.05, 0.1) is 10.6 Å². The van der Waals surface area contributed by atoms with Crippen LogP contribution in [0.4, 0.5) is 5.69 Å². The van der Waals surface area contributed by atoms with Crippen molar-refractivity contribution in [2.45, 2.75) is 24.7 Å². The van der Waals surface area contributed by atoms with Crippen LogP contribution in [0.15, 0.2) is 64.0 Å². The van der Waals surface area contributed by atoms with Crippen molar-refractivity contribution in [3.05, 3.63) is 59.1 Å². The smallest absolute Gasteiger partial charge is 0.264 e. The predicted molar refractivity (Wildman–Crippen MR) is 110 cm³/mol. The highest BCUT2D eigenvalue weighted by Crippen LogP contribution is 2.27. The molecule has 1 amide bonds. The maximum atomic E-state index is 13.3. The van der Waals surface area contributed by atoms with Crippen molar-refractivity contribution < 1.29 is 13.2 Å². The van der Waals surface area contributed by atoms with E-state index < -0.39 is 10.0 Å². The van der Waals surface area contributed by atoms with Crippen LogP contribution in [0.3, 0.4) is 0 Å². The molecule has 1 atom stereocenters. The van der Waals surface area contributed by atoms with E-state index in [-0.39, 0.29) is 17.3 Å². The lowest BCUT2D eigenvalue weighted by molar-refractivity contribution is -0.131. The third kappa shape index (κ3) is 4.71. The molecule has 2 aromatic rings. The van der Waals surface area contributed by atoms with E-state index in [1.165, 1.54) is 4.31 Å². The summed E-state index contributed by atoms with van der Waals surface area (Å²) in [5.41, 5.74) is 0.464. The summed E-state index contributed by atoms with van der Waals surface area (Å²) in [6, 6.07) is 15.2. The van der Waals surface area contributed by atoms with Crippen molar-refractivity contribution in [2.75, 3.05) is 23.9 Å². The van der Waals surface area contributed by atoms with E-state index in [2.05, 4.69) is 22.9 Å². The highest BCUT2D eigenvalue weighted by atomic mass is 79.9. The molecule has 0 aliphatic carbocycles. The Morgan fingerprint density at radius 1 is 1.19 bits per heavy atom. The highest BCUT2D eigenvalue weighted by molar-refractivity contribution is 9.10. The number of sulfonamides is 1. The van der Waals surface area contributed by atoms with Gasteiger partial charge in [0, 0.05) is 17.6 Å². The third-order valence-electron chi connectivity index (χ3n) is 4.72. The molecule has 144 valence electrons. The van der Waals surface area contributed by atoms with Crippen LogP contribution in [-0.4, -0.2) is 38.9 Å². The average Bonchev–Trinajstić information content (AvgIpc) is 2.66. The van der Waals surface area contributed by atoms with Crippen LogP contribution in [0.25, 0.3) is 0 Å². The van der Waals surface area contributed by atoms with Gasteiger partial charge in [0.15, 0.2) is 0 Å². The van der Waals surface area contributed by atoms with Crippen LogP contribution < -0.4 is 4.31 Å². The number of anilines is 1. The summed E-state index contributed by atoms with van der Waals surface area (Å²) in [5.74, 6) is 0.272.